The molecule has 6 heteroatoms. The molecule has 0 radical (unpaired) electrons. The Bertz CT molecular complexity index is 1010. The van der Waals surface area contributed by atoms with Gasteiger partial charge >= 0.3 is 5.97 Å². The van der Waals surface area contributed by atoms with Crippen molar-refractivity contribution in [1.82, 2.24) is 0 Å². The summed E-state index contributed by atoms with van der Waals surface area (Å²) in [7, 11) is 0. The van der Waals surface area contributed by atoms with Crippen LogP contribution in [0.3, 0.4) is 0 Å². The lowest BCUT2D eigenvalue weighted by Crippen LogP contribution is -2.60. The van der Waals surface area contributed by atoms with Crippen molar-refractivity contribution in [2.24, 2.45) is 0 Å². The lowest BCUT2D eigenvalue weighted by molar-refractivity contribution is -0.306. The van der Waals surface area contributed by atoms with Gasteiger partial charge in [-0.15, -0.1) is 0 Å². The van der Waals surface area contributed by atoms with E-state index in [-0.39, 0.29) is 13.2 Å². The van der Waals surface area contributed by atoms with Crippen molar-refractivity contribution in [3.05, 3.63) is 108 Å². The van der Waals surface area contributed by atoms with Crippen molar-refractivity contribution in [1.29, 1.82) is 0 Å². The highest BCUT2D eigenvalue weighted by Crippen LogP contribution is 2.30. The number of hydrogen-bond donors (Lipinski definition) is 1. The summed E-state index contributed by atoms with van der Waals surface area (Å²) in [4.78, 5) is 11.9. The molecule has 0 amide bonds. The summed E-state index contributed by atoms with van der Waals surface area (Å²) in [5.74, 6) is -0.491. The maximum Gasteiger partial charge on any atom is 0.305 e. The molecular weight excluding hydrogens is 432 g/mol. The van der Waals surface area contributed by atoms with Crippen LogP contribution in [-0.4, -0.2) is 41.8 Å². The topological polar surface area (TPSA) is 74.2 Å². The molecule has 1 aliphatic rings. The average Bonchev–Trinajstić information content (AvgIpc) is 2.86. The third kappa shape index (κ3) is 6.52. The van der Waals surface area contributed by atoms with E-state index in [2.05, 4.69) is 0 Å². The number of carbonyl (C=O) groups excluding carboxylic acids is 1. The van der Waals surface area contributed by atoms with Crippen LogP contribution in [0.2, 0.25) is 0 Å². The van der Waals surface area contributed by atoms with E-state index in [9.17, 15) is 9.90 Å². The Morgan fingerprint density at radius 2 is 1.24 bits per heavy atom. The largest absolute Gasteiger partial charge is 0.433 e. The Balaban J connectivity index is 1.57. The molecule has 3 aromatic rings. The van der Waals surface area contributed by atoms with Gasteiger partial charge in [0.2, 0.25) is 6.29 Å². The van der Waals surface area contributed by atoms with Gasteiger partial charge in [0, 0.05) is 13.3 Å². The quantitative estimate of drug-likeness (QED) is 0.484. The van der Waals surface area contributed by atoms with E-state index >= 15 is 0 Å². The molecule has 0 bridgehead atoms. The lowest BCUT2D eigenvalue weighted by atomic mass is 9.93. The van der Waals surface area contributed by atoms with Gasteiger partial charge in [-0.25, -0.2) is 0 Å². The third-order valence-electron chi connectivity index (χ3n) is 5.75. The standard InChI is InChI=1S/C28H30O6/c1-20(29)33-28-27(32-19-23-15-9-4-10-16-23)26(31-18-22-13-7-3-8-14-22)25(30)24(34-28)17-21-11-5-2-6-12-21/h2-16,24-28,30H,17-19H2,1H3/t24?,25-,26-,27-,28+/m1/s1. The van der Waals surface area contributed by atoms with Crippen LogP contribution >= 0.6 is 0 Å². The SMILES string of the molecule is CC(=O)O[C@H]1OC(Cc2ccccc2)[C@@H](O)[C@@H](OCc2ccccc2)[C@H]1OCc1ccccc1. The second kappa shape index (κ2) is 11.9. The highest BCUT2D eigenvalue weighted by molar-refractivity contribution is 5.66. The predicted octanol–water partition coefficient (Wildman–Crippen LogP) is 4.05. The van der Waals surface area contributed by atoms with Gasteiger partial charge in [0.1, 0.15) is 18.3 Å². The summed E-state index contributed by atoms with van der Waals surface area (Å²) in [6.07, 6.45) is -3.78. The number of ether oxygens (including phenoxy) is 4. The van der Waals surface area contributed by atoms with Gasteiger partial charge in [-0.3, -0.25) is 4.79 Å². The first-order chi connectivity index (χ1) is 16.6. The molecule has 0 spiro atoms. The Kier molecular flexibility index (Phi) is 8.44. The predicted molar refractivity (Wildman–Crippen MR) is 127 cm³/mol. The Labute approximate surface area is 200 Å². The molecule has 4 rings (SSSR count). The number of aliphatic hydroxyl groups excluding tert-OH is 1. The fourth-order valence-electron chi connectivity index (χ4n) is 4.06. The Morgan fingerprint density at radius 1 is 0.765 bits per heavy atom. The second-order valence-corrected chi connectivity index (χ2v) is 8.36. The Morgan fingerprint density at radius 3 is 1.74 bits per heavy atom. The molecule has 1 unspecified atom stereocenters. The number of carbonyl (C=O) groups is 1. The monoisotopic (exact) mass is 462 g/mol. The van der Waals surface area contributed by atoms with Gasteiger partial charge in [-0.05, 0) is 16.7 Å². The van der Waals surface area contributed by atoms with Crippen molar-refractivity contribution < 1.29 is 28.8 Å². The zero-order valence-electron chi connectivity index (χ0n) is 19.2. The van der Waals surface area contributed by atoms with E-state index in [1.165, 1.54) is 6.92 Å². The Hall–Kier alpha value is -3.03. The number of aliphatic hydroxyl groups is 1. The van der Waals surface area contributed by atoms with E-state index in [4.69, 9.17) is 18.9 Å². The highest BCUT2D eigenvalue weighted by Gasteiger charge is 2.48. The first kappa shape index (κ1) is 24.1. The summed E-state index contributed by atoms with van der Waals surface area (Å²) >= 11 is 0. The van der Waals surface area contributed by atoms with Crippen molar-refractivity contribution in [3.8, 4) is 0 Å². The molecule has 1 fully saturated rings. The number of benzene rings is 3. The lowest BCUT2D eigenvalue weighted by Gasteiger charge is -2.43. The van der Waals surface area contributed by atoms with Crippen molar-refractivity contribution in [2.45, 2.75) is 57.3 Å². The van der Waals surface area contributed by atoms with Crippen LogP contribution in [-0.2, 0) is 43.4 Å². The normalized spacial score (nSPS) is 24.5. The van der Waals surface area contributed by atoms with Crippen LogP contribution in [0.5, 0.6) is 0 Å². The maximum absolute atomic E-state index is 11.9. The van der Waals surface area contributed by atoms with Crippen molar-refractivity contribution in [2.75, 3.05) is 0 Å². The smallest absolute Gasteiger partial charge is 0.305 e. The van der Waals surface area contributed by atoms with Crippen LogP contribution in [0.25, 0.3) is 0 Å². The van der Waals surface area contributed by atoms with Gasteiger partial charge < -0.3 is 24.1 Å². The third-order valence-corrected chi connectivity index (χ3v) is 5.75. The molecule has 0 aromatic heterocycles. The summed E-state index contributed by atoms with van der Waals surface area (Å²) in [6.45, 7) is 1.86. The summed E-state index contributed by atoms with van der Waals surface area (Å²) in [6, 6.07) is 29.1. The zero-order valence-corrected chi connectivity index (χ0v) is 19.2. The van der Waals surface area contributed by atoms with Gasteiger partial charge in [0.25, 0.3) is 0 Å². The molecule has 6 nitrogen and oxygen atoms in total. The van der Waals surface area contributed by atoms with E-state index in [0.717, 1.165) is 16.7 Å². The van der Waals surface area contributed by atoms with Gasteiger partial charge in [0.05, 0.1) is 19.3 Å². The van der Waals surface area contributed by atoms with E-state index in [1.807, 2.05) is 91.0 Å². The van der Waals surface area contributed by atoms with Gasteiger partial charge in [-0.1, -0.05) is 91.0 Å². The van der Waals surface area contributed by atoms with Crippen molar-refractivity contribution >= 4 is 5.97 Å². The summed E-state index contributed by atoms with van der Waals surface area (Å²) in [5.41, 5.74) is 2.91. The second-order valence-electron chi connectivity index (χ2n) is 8.36. The van der Waals surface area contributed by atoms with Crippen molar-refractivity contribution in [3.63, 3.8) is 0 Å². The first-order valence-corrected chi connectivity index (χ1v) is 11.5. The van der Waals surface area contributed by atoms with Crippen LogP contribution in [0, 0.1) is 0 Å². The van der Waals surface area contributed by atoms with Gasteiger partial charge in [-0.2, -0.15) is 0 Å². The average molecular weight is 463 g/mol. The first-order valence-electron chi connectivity index (χ1n) is 11.5. The molecule has 5 atom stereocenters. The van der Waals surface area contributed by atoms with E-state index < -0.39 is 36.7 Å². The number of esters is 1. The van der Waals surface area contributed by atoms with E-state index in [1.54, 1.807) is 0 Å². The molecule has 0 aliphatic carbocycles. The van der Waals surface area contributed by atoms with E-state index in [0.29, 0.717) is 6.42 Å². The molecule has 0 saturated carbocycles. The number of hydrogen-bond acceptors (Lipinski definition) is 6. The summed E-state index contributed by atoms with van der Waals surface area (Å²) < 4.78 is 24.0. The molecule has 1 saturated heterocycles. The minimum Gasteiger partial charge on any atom is -0.433 e. The van der Waals surface area contributed by atoms with Crippen LogP contribution in [0.4, 0.5) is 0 Å². The summed E-state index contributed by atoms with van der Waals surface area (Å²) in [5, 5.41) is 11.3. The molecular formula is C28H30O6. The molecule has 34 heavy (non-hydrogen) atoms. The molecule has 1 N–H and O–H groups in total. The van der Waals surface area contributed by atoms with Crippen LogP contribution in [0.1, 0.15) is 23.6 Å². The zero-order chi connectivity index (χ0) is 23.8. The minimum atomic E-state index is -1.01. The maximum atomic E-state index is 11.9. The molecule has 1 aliphatic heterocycles. The fourth-order valence-corrected chi connectivity index (χ4v) is 4.06. The fraction of sp³-hybridized carbons (Fsp3) is 0.321. The highest BCUT2D eigenvalue weighted by atomic mass is 16.7. The van der Waals surface area contributed by atoms with Gasteiger partial charge in [0.15, 0.2) is 0 Å². The van der Waals surface area contributed by atoms with Crippen LogP contribution < -0.4 is 0 Å². The minimum absolute atomic E-state index is 0.258. The van der Waals surface area contributed by atoms with Crippen LogP contribution in [0.15, 0.2) is 91.0 Å². The molecule has 178 valence electrons. The molecule has 1 heterocycles. The number of rotatable bonds is 9. The molecule has 3 aromatic carbocycles.